The molecule has 3 rings (SSSR count). The Morgan fingerprint density at radius 3 is 2.24 bits per heavy atom. The van der Waals surface area contributed by atoms with Crippen molar-refractivity contribution in [2.24, 2.45) is 4.99 Å². The number of rotatable bonds is 8. The summed E-state index contributed by atoms with van der Waals surface area (Å²) in [6, 6.07) is 9.93. The van der Waals surface area contributed by atoms with Crippen LogP contribution in [-0.4, -0.2) is 35.3 Å². The monoisotopic (exact) mass is 529 g/mol. The minimum Gasteiger partial charge on any atom is -0.462 e. The van der Waals surface area contributed by atoms with Gasteiger partial charge in [-0.1, -0.05) is 63.7 Å². The Morgan fingerprint density at radius 1 is 1.06 bits per heavy atom. The molecule has 2 N–H and O–H groups in total. The number of carbonyl (C=O) groups excluding carboxylic acids is 1. The number of esters is 1. The predicted octanol–water partition coefficient (Wildman–Crippen LogP) is 6.49. The molecule has 0 unspecified atom stereocenters. The third kappa shape index (κ3) is 5.80. The molecule has 1 aromatic heterocycles. The first-order chi connectivity index (χ1) is 15.9. The number of amidine groups is 1. The molecule has 0 fully saturated rings. The van der Waals surface area contributed by atoms with E-state index in [1.54, 1.807) is 43.3 Å². The fraction of sp³-hybridized carbons (Fsp3) is 0.227. The second kappa shape index (κ2) is 11.7. The number of hydrogen-bond donors (Lipinski definition) is 2. The maximum atomic E-state index is 12.7. The fourth-order valence-corrected chi connectivity index (χ4v) is 4.28. The molecule has 0 radical (unpaired) electrons. The van der Waals surface area contributed by atoms with Crippen LogP contribution >= 0.6 is 46.4 Å². The summed E-state index contributed by atoms with van der Waals surface area (Å²) in [6.45, 7) is 2.13. The minimum absolute atomic E-state index is 0.123. The summed E-state index contributed by atoms with van der Waals surface area (Å²) in [4.78, 5) is 17.0. The number of benzene rings is 2. The third-order valence-corrected chi connectivity index (χ3v) is 5.84. The zero-order chi connectivity index (χ0) is 24.0. The van der Waals surface area contributed by atoms with E-state index in [9.17, 15) is 10.0 Å². The number of nitrogens with one attached hydrogen (secondary N) is 1. The molecule has 0 aliphatic rings. The Labute approximate surface area is 210 Å². The van der Waals surface area contributed by atoms with Gasteiger partial charge in [0.1, 0.15) is 11.3 Å². The number of aromatic nitrogens is 1. The number of halogens is 4. The molecule has 2 aromatic carbocycles. The lowest BCUT2D eigenvalue weighted by Gasteiger charge is -2.09. The molecule has 3 aromatic rings. The van der Waals surface area contributed by atoms with Crippen LogP contribution in [0.3, 0.4) is 0 Å². The van der Waals surface area contributed by atoms with Crippen molar-refractivity contribution in [3.8, 4) is 11.3 Å². The van der Waals surface area contributed by atoms with Crippen molar-refractivity contribution < 1.29 is 19.3 Å². The van der Waals surface area contributed by atoms with Gasteiger partial charge in [0.2, 0.25) is 0 Å². The molecule has 0 bridgehead atoms. The van der Waals surface area contributed by atoms with Gasteiger partial charge in [0, 0.05) is 18.5 Å². The SMILES string of the molecule is CCOC(=O)c1c(-c2c(Cl)cccc2Cl)noc1CCCN=C(NO)c1c(Cl)cccc1Cl. The van der Waals surface area contributed by atoms with Gasteiger partial charge >= 0.3 is 5.97 Å². The number of aryl methyl sites for hydroxylation is 1. The highest BCUT2D eigenvalue weighted by molar-refractivity contribution is 6.40. The molecule has 33 heavy (non-hydrogen) atoms. The van der Waals surface area contributed by atoms with E-state index in [1.165, 1.54) is 0 Å². The van der Waals surface area contributed by atoms with E-state index in [-0.39, 0.29) is 30.2 Å². The van der Waals surface area contributed by atoms with Gasteiger partial charge in [-0.3, -0.25) is 15.7 Å². The highest BCUT2D eigenvalue weighted by Crippen LogP contribution is 2.37. The van der Waals surface area contributed by atoms with E-state index in [0.29, 0.717) is 49.8 Å². The van der Waals surface area contributed by atoms with Gasteiger partial charge < -0.3 is 9.26 Å². The van der Waals surface area contributed by atoms with Gasteiger partial charge in [-0.25, -0.2) is 4.79 Å². The molecule has 0 atom stereocenters. The smallest absolute Gasteiger partial charge is 0.344 e. The van der Waals surface area contributed by atoms with Crippen molar-refractivity contribution in [1.29, 1.82) is 0 Å². The van der Waals surface area contributed by atoms with Crippen molar-refractivity contribution in [2.75, 3.05) is 13.2 Å². The van der Waals surface area contributed by atoms with E-state index < -0.39 is 5.97 Å². The van der Waals surface area contributed by atoms with Gasteiger partial charge in [0.25, 0.3) is 0 Å². The maximum Gasteiger partial charge on any atom is 0.344 e. The van der Waals surface area contributed by atoms with Gasteiger partial charge in [-0.2, -0.15) is 0 Å². The fourth-order valence-electron chi connectivity index (χ4n) is 3.13. The van der Waals surface area contributed by atoms with Crippen LogP contribution in [0.15, 0.2) is 45.9 Å². The summed E-state index contributed by atoms with van der Waals surface area (Å²) in [7, 11) is 0. The van der Waals surface area contributed by atoms with Crippen LogP contribution in [0.2, 0.25) is 20.1 Å². The van der Waals surface area contributed by atoms with Crippen LogP contribution in [0.1, 0.15) is 35.0 Å². The Kier molecular flexibility index (Phi) is 9.00. The molecule has 1 heterocycles. The quantitative estimate of drug-likeness (QED) is 0.113. The minimum atomic E-state index is -0.594. The predicted molar refractivity (Wildman–Crippen MR) is 129 cm³/mol. The summed E-state index contributed by atoms with van der Waals surface area (Å²) in [5.41, 5.74) is 3.16. The average Bonchev–Trinajstić information content (AvgIpc) is 3.18. The lowest BCUT2D eigenvalue weighted by molar-refractivity contribution is 0.0524. The number of hydroxylamine groups is 1. The van der Waals surface area contributed by atoms with Crippen LogP contribution < -0.4 is 5.48 Å². The van der Waals surface area contributed by atoms with Crippen molar-refractivity contribution in [2.45, 2.75) is 19.8 Å². The molecule has 0 spiro atoms. The Bertz CT molecular complexity index is 1140. The molecule has 174 valence electrons. The Balaban J connectivity index is 1.85. The van der Waals surface area contributed by atoms with E-state index in [4.69, 9.17) is 55.7 Å². The molecule has 0 amide bonds. The number of ether oxygens (including phenoxy) is 1. The van der Waals surface area contributed by atoms with Crippen LogP contribution in [0.5, 0.6) is 0 Å². The summed E-state index contributed by atoms with van der Waals surface area (Å²) >= 11 is 24.9. The first-order valence-corrected chi connectivity index (χ1v) is 11.4. The van der Waals surface area contributed by atoms with E-state index in [0.717, 1.165) is 0 Å². The van der Waals surface area contributed by atoms with Crippen LogP contribution in [0.4, 0.5) is 0 Å². The maximum absolute atomic E-state index is 12.7. The molecule has 0 saturated heterocycles. The number of aliphatic imine (C=N–C) groups is 1. The third-order valence-electron chi connectivity index (χ3n) is 4.58. The summed E-state index contributed by atoms with van der Waals surface area (Å²) in [6.07, 6.45) is 0.756. The lowest BCUT2D eigenvalue weighted by atomic mass is 10.0. The zero-order valence-electron chi connectivity index (χ0n) is 17.4. The Hall–Kier alpha value is -2.29. The van der Waals surface area contributed by atoms with Crippen molar-refractivity contribution >= 4 is 58.2 Å². The molecular weight excluding hydrogens is 512 g/mol. The molecule has 0 aliphatic carbocycles. The van der Waals surface area contributed by atoms with Gasteiger partial charge in [-0.05, 0) is 37.6 Å². The first-order valence-electron chi connectivity index (χ1n) is 9.88. The van der Waals surface area contributed by atoms with Crippen LogP contribution in [0.25, 0.3) is 11.3 Å². The highest BCUT2D eigenvalue weighted by Gasteiger charge is 2.27. The normalized spacial score (nSPS) is 11.5. The summed E-state index contributed by atoms with van der Waals surface area (Å²) < 4.78 is 10.7. The number of nitrogens with zero attached hydrogens (tertiary/aromatic N) is 2. The van der Waals surface area contributed by atoms with Gasteiger partial charge in [0.05, 0.1) is 32.3 Å². The topological polar surface area (TPSA) is 97.0 Å². The lowest BCUT2D eigenvalue weighted by Crippen LogP contribution is -2.21. The Morgan fingerprint density at radius 2 is 1.67 bits per heavy atom. The largest absolute Gasteiger partial charge is 0.462 e. The second-order valence-electron chi connectivity index (χ2n) is 6.69. The van der Waals surface area contributed by atoms with E-state index in [1.807, 2.05) is 5.48 Å². The summed E-state index contributed by atoms with van der Waals surface area (Å²) in [5, 5.41) is 14.9. The standard InChI is InChI=1S/C22H19Cl4N3O4/c1-2-32-22(30)19-16(33-29-20(19)17-12(23)6-3-7-13(17)24)10-5-11-27-21(28-31)18-14(25)8-4-9-15(18)26/h3-4,6-9,31H,2,5,10-11H2,1H3,(H,27,28). The number of carbonyl (C=O) groups is 1. The molecule has 11 heteroatoms. The second-order valence-corrected chi connectivity index (χ2v) is 8.32. The zero-order valence-corrected chi connectivity index (χ0v) is 20.4. The molecule has 7 nitrogen and oxygen atoms in total. The molecular formula is C22H19Cl4N3O4. The molecule has 0 aliphatic heterocycles. The van der Waals surface area contributed by atoms with Crippen LogP contribution in [0, 0.1) is 0 Å². The van der Waals surface area contributed by atoms with Crippen molar-refractivity contribution in [1.82, 2.24) is 10.6 Å². The average molecular weight is 531 g/mol. The highest BCUT2D eigenvalue weighted by atomic mass is 35.5. The molecule has 0 saturated carbocycles. The van der Waals surface area contributed by atoms with Crippen molar-refractivity contribution in [3.63, 3.8) is 0 Å². The van der Waals surface area contributed by atoms with Gasteiger partial charge in [-0.15, -0.1) is 0 Å². The van der Waals surface area contributed by atoms with E-state index >= 15 is 0 Å². The number of hydrogen-bond acceptors (Lipinski definition) is 6. The van der Waals surface area contributed by atoms with Crippen molar-refractivity contribution in [3.05, 3.63) is 73.4 Å². The van der Waals surface area contributed by atoms with E-state index in [2.05, 4.69) is 10.1 Å². The van der Waals surface area contributed by atoms with Gasteiger partial charge in [0.15, 0.2) is 11.6 Å². The first kappa shape index (κ1) is 25.3. The summed E-state index contributed by atoms with van der Waals surface area (Å²) in [5.74, 6) is -0.162. The van der Waals surface area contributed by atoms with Crippen LogP contribution in [-0.2, 0) is 11.2 Å².